The first-order valence-corrected chi connectivity index (χ1v) is 4.43. The van der Waals surface area contributed by atoms with E-state index in [1.807, 2.05) is 12.1 Å². The number of ether oxygens (including phenoxy) is 2. The molecule has 1 aromatic rings. The zero-order chi connectivity index (χ0) is 9.10. The first-order chi connectivity index (χ1) is 6.42. The third-order valence-electron chi connectivity index (χ3n) is 2.14. The smallest absolute Gasteiger partial charge is 0.189 e. The average molecular weight is 179 g/mol. The van der Waals surface area contributed by atoms with Crippen LogP contribution in [0.3, 0.4) is 0 Å². The van der Waals surface area contributed by atoms with Gasteiger partial charge in [-0.1, -0.05) is 18.2 Å². The normalized spacial score (nSPS) is 14.8. The van der Waals surface area contributed by atoms with Crippen molar-refractivity contribution < 1.29 is 9.47 Å². The van der Waals surface area contributed by atoms with Gasteiger partial charge in [-0.15, -0.1) is 0 Å². The Bertz CT molecular complexity index is 299. The highest BCUT2D eigenvalue weighted by Crippen LogP contribution is 2.27. The number of fused-ring (bicyclic) bond motifs is 1. The van der Waals surface area contributed by atoms with Crippen molar-refractivity contribution in [3.8, 4) is 5.75 Å². The molecule has 0 bridgehead atoms. The van der Waals surface area contributed by atoms with E-state index in [0.29, 0.717) is 19.9 Å². The Kier molecular flexibility index (Phi) is 2.47. The first-order valence-electron chi connectivity index (χ1n) is 4.43. The molecular weight excluding hydrogens is 166 g/mol. The zero-order valence-electron chi connectivity index (χ0n) is 7.45. The van der Waals surface area contributed by atoms with Gasteiger partial charge in [0.1, 0.15) is 5.75 Å². The fraction of sp³-hybridized carbons (Fsp3) is 0.400. The van der Waals surface area contributed by atoms with E-state index < -0.39 is 0 Å². The van der Waals surface area contributed by atoms with E-state index in [2.05, 4.69) is 6.07 Å². The topological polar surface area (TPSA) is 44.5 Å². The van der Waals surface area contributed by atoms with Crippen LogP contribution in [0.4, 0.5) is 0 Å². The third kappa shape index (κ3) is 1.66. The van der Waals surface area contributed by atoms with E-state index in [0.717, 1.165) is 17.7 Å². The summed E-state index contributed by atoms with van der Waals surface area (Å²) in [5.41, 5.74) is 7.81. The molecule has 3 nitrogen and oxygen atoms in total. The van der Waals surface area contributed by atoms with Crippen LogP contribution in [0.15, 0.2) is 18.2 Å². The van der Waals surface area contributed by atoms with E-state index in [-0.39, 0.29) is 0 Å². The van der Waals surface area contributed by atoms with Crippen LogP contribution >= 0.6 is 0 Å². The van der Waals surface area contributed by atoms with Gasteiger partial charge in [-0.25, -0.2) is 0 Å². The van der Waals surface area contributed by atoms with Crippen molar-refractivity contribution in [2.75, 3.05) is 13.3 Å². The second kappa shape index (κ2) is 3.77. The van der Waals surface area contributed by atoms with Crippen molar-refractivity contribution >= 4 is 0 Å². The Labute approximate surface area is 77.5 Å². The van der Waals surface area contributed by atoms with Gasteiger partial charge >= 0.3 is 0 Å². The molecule has 1 aliphatic heterocycles. The van der Waals surface area contributed by atoms with Crippen LogP contribution < -0.4 is 10.5 Å². The highest BCUT2D eigenvalue weighted by atomic mass is 16.7. The Morgan fingerprint density at radius 2 is 2.31 bits per heavy atom. The number of hydrogen-bond donors (Lipinski definition) is 1. The molecule has 0 atom stereocenters. The second-order valence-corrected chi connectivity index (χ2v) is 3.05. The summed E-state index contributed by atoms with van der Waals surface area (Å²) in [6.07, 6.45) is 0.864. The van der Waals surface area contributed by atoms with E-state index >= 15 is 0 Å². The van der Waals surface area contributed by atoms with Crippen molar-refractivity contribution in [2.24, 2.45) is 5.73 Å². The quantitative estimate of drug-likeness (QED) is 0.738. The highest BCUT2D eigenvalue weighted by molar-refractivity contribution is 5.42. The average Bonchev–Trinajstić information content (AvgIpc) is 2.19. The summed E-state index contributed by atoms with van der Waals surface area (Å²) in [5, 5.41) is 0. The lowest BCUT2D eigenvalue weighted by atomic mass is 10.1. The third-order valence-corrected chi connectivity index (χ3v) is 2.14. The fourth-order valence-corrected chi connectivity index (χ4v) is 1.54. The molecule has 0 saturated carbocycles. The van der Waals surface area contributed by atoms with E-state index in [4.69, 9.17) is 15.2 Å². The van der Waals surface area contributed by atoms with Crippen LogP contribution in [0.1, 0.15) is 11.1 Å². The molecule has 2 rings (SSSR count). The van der Waals surface area contributed by atoms with Gasteiger partial charge in [0.05, 0.1) is 6.61 Å². The van der Waals surface area contributed by atoms with E-state index in [1.54, 1.807) is 0 Å². The molecule has 1 aliphatic rings. The number of nitrogens with two attached hydrogens (primary N) is 1. The molecule has 0 radical (unpaired) electrons. The maximum atomic E-state index is 5.51. The molecule has 0 aliphatic carbocycles. The van der Waals surface area contributed by atoms with E-state index in [9.17, 15) is 0 Å². The SMILES string of the molecule is NCCc1cccc2c1OCOC2. The molecule has 0 spiro atoms. The zero-order valence-corrected chi connectivity index (χ0v) is 7.45. The lowest BCUT2D eigenvalue weighted by molar-refractivity contribution is -0.0170. The summed E-state index contributed by atoms with van der Waals surface area (Å²) in [4.78, 5) is 0. The number of rotatable bonds is 2. The van der Waals surface area contributed by atoms with Crippen molar-refractivity contribution in [2.45, 2.75) is 13.0 Å². The molecule has 2 N–H and O–H groups in total. The summed E-state index contributed by atoms with van der Waals surface area (Å²) in [6.45, 7) is 1.66. The minimum absolute atomic E-state index is 0.356. The minimum Gasteiger partial charge on any atom is -0.467 e. The van der Waals surface area contributed by atoms with Gasteiger partial charge < -0.3 is 15.2 Å². The van der Waals surface area contributed by atoms with Crippen molar-refractivity contribution in [1.82, 2.24) is 0 Å². The molecule has 70 valence electrons. The molecule has 3 heteroatoms. The van der Waals surface area contributed by atoms with E-state index in [1.165, 1.54) is 5.56 Å². The standard InChI is InChI=1S/C10H13NO2/c11-5-4-8-2-1-3-9-6-12-7-13-10(8)9/h1-3H,4-7,11H2. The summed E-state index contributed by atoms with van der Waals surface area (Å²) in [6, 6.07) is 6.09. The summed E-state index contributed by atoms with van der Waals surface area (Å²) in [7, 11) is 0. The monoisotopic (exact) mass is 179 g/mol. The van der Waals surface area contributed by atoms with Gasteiger partial charge in [-0.3, -0.25) is 0 Å². The van der Waals surface area contributed by atoms with Crippen LogP contribution in [0.2, 0.25) is 0 Å². The molecular formula is C10H13NO2. The predicted molar refractivity (Wildman–Crippen MR) is 49.5 cm³/mol. The lowest BCUT2D eigenvalue weighted by Crippen LogP contribution is -2.14. The molecule has 0 amide bonds. The molecule has 1 aromatic carbocycles. The van der Waals surface area contributed by atoms with Crippen LogP contribution in [0, 0.1) is 0 Å². The molecule has 0 aromatic heterocycles. The van der Waals surface area contributed by atoms with Crippen LogP contribution in [-0.4, -0.2) is 13.3 Å². The maximum absolute atomic E-state index is 5.51. The summed E-state index contributed by atoms with van der Waals surface area (Å²) < 4.78 is 10.6. The molecule has 0 fully saturated rings. The number of hydrogen-bond acceptors (Lipinski definition) is 3. The maximum Gasteiger partial charge on any atom is 0.189 e. The lowest BCUT2D eigenvalue weighted by Gasteiger charge is -2.20. The van der Waals surface area contributed by atoms with Gasteiger partial charge in [-0.2, -0.15) is 0 Å². The molecule has 0 saturated heterocycles. The number of para-hydroxylation sites is 1. The second-order valence-electron chi connectivity index (χ2n) is 3.05. The molecule has 13 heavy (non-hydrogen) atoms. The minimum atomic E-state index is 0.356. The van der Waals surface area contributed by atoms with Crippen molar-refractivity contribution in [1.29, 1.82) is 0 Å². The Morgan fingerprint density at radius 3 is 3.15 bits per heavy atom. The largest absolute Gasteiger partial charge is 0.467 e. The Morgan fingerprint density at radius 1 is 1.38 bits per heavy atom. The predicted octanol–water partition coefficient (Wildman–Crippen LogP) is 1.05. The van der Waals surface area contributed by atoms with Crippen molar-refractivity contribution in [3.63, 3.8) is 0 Å². The van der Waals surface area contributed by atoms with Gasteiger partial charge in [0.2, 0.25) is 0 Å². The van der Waals surface area contributed by atoms with Gasteiger partial charge in [0, 0.05) is 5.56 Å². The number of benzene rings is 1. The van der Waals surface area contributed by atoms with Gasteiger partial charge in [-0.05, 0) is 18.5 Å². The van der Waals surface area contributed by atoms with Crippen LogP contribution in [0.5, 0.6) is 5.75 Å². The van der Waals surface area contributed by atoms with Gasteiger partial charge in [0.15, 0.2) is 6.79 Å². The Balaban J connectivity index is 2.34. The molecule has 1 heterocycles. The summed E-state index contributed by atoms with van der Waals surface area (Å²) in [5.74, 6) is 0.971. The Hall–Kier alpha value is -1.06. The molecule has 0 unspecified atom stereocenters. The van der Waals surface area contributed by atoms with Crippen LogP contribution in [-0.2, 0) is 17.8 Å². The summed E-state index contributed by atoms with van der Waals surface area (Å²) >= 11 is 0. The van der Waals surface area contributed by atoms with Gasteiger partial charge in [0.25, 0.3) is 0 Å². The van der Waals surface area contributed by atoms with Crippen molar-refractivity contribution in [3.05, 3.63) is 29.3 Å². The highest BCUT2D eigenvalue weighted by Gasteiger charge is 2.13. The van der Waals surface area contributed by atoms with Crippen LogP contribution in [0.25, 0.3) is 0 Å². The first kappa shape index (κ1) is 8.53. The fourth-order valence-electron chi connectivity index (χ4n) is 1.54.